The van der Waals surface area contributed by atoms with Crippen LogP contribution in [0.4, 0.5) is 0 Å². The van der Waals surface area contributed by atoms with Gasteiger partial charge in [0.15, 0.2) is 0 Å². The Hall–Kier alpha value is -1.35. The molecule has 1 unspecified atom stereocenters. The molecule has 1 rings (SSSR count). The molecular formula is C9H12N2O. The van der Waals surface area contributed by atoms with Crippen molar-refractivity contribution in [2.45, 2.75) is 6.17 Å². The van der Waals surface area contributed by atoms with Gasteiger partial charge in [0.25, 0.3) is 0 Å². The van der Waals surface area contributed by atoms with E-state index in [1.165, 1.54) is 0 Å². The van der Waals surface area contributed by atoms with Crippen LogP contribution < -0.4 is 10.5 Å². The summed E-state index contributed by atoms with van der Waals surface area (Å²) in [5.41, 5.74) is 6.55. The van der Waals surface area contributed by atoms with Crippen molar-refractivity contribution >= 4 is 6.72 Å². The zero-order chi connectivity index (χ0) is 8.97. The second kappa shape index (κ2) is 3.88. The maximum Gasteiger partial charge on any atom is 0.122 e. The Kier molecular flexibility index (Phi) is 2.82. The van der Waals surface area contributed by atoms with Crippen molar-refractivity contribution in [3.05, 3.63) is 29.8 Å². The molecule has 0 bridgehead atoms. The quantitative estimate of drug-likeness (QED) is 0.685. The normalized spacial score (nSPS) is 12.2. The zero-order valence-corrected chi connectivity index (χ0v) is 7.03. The minimum Gasteiger partial charge on any atom is -0.497 e. The highest BCUT2D eigenvalue weighted by atomic mass is 16.5. The fraction of sp³-hybridized carbons (Fsp3) is 0.222. The molecule has 1 aromatic rings. The van der Waals surface area contributed by atoms with Crippen molar-refractivity contribution in [3.63, 3.8) is 0 Å². The van der Waals surface area contributed by atoms with Gasteiger partial charge >= 0.3 is 0 Å². The smallest absolute Gasteiger partial charge is 0.122 e. The number of hydrogen-bond donors (Lipinski definition) is 1. The molecule has 0 amide bonds. The maximum absolute atomic E-state index is 5.62. The van der Waals surface area contributed by atoms with Crippen LogP contribution in [0.2, 0.25) is 0 Å². The van der Waals surface area contributed by atoms with E-state index in [-0.39, 0.29) is 6.17 Å². The molecule has 0 aliphatic rings. The molecule has 12 heavy (non-hydrogen) atoms. The van der Waals surface area contributed by atoms with Gasteiger partial charge in [0.05, 0.1) is 7.11 Å². The summed E-state index contributed by atoms with van der Waals surface area (Å²) < 4.78 is 5.00. The van der Waals surface area contributed by atoms with Gasteiger partial charge in [-0.2, -0.15) is 0 Å². The minimum absolute atomic E-state index is 0.337. The topological polar surface area (TPSA) is 47.6 Å². The molecular weight excluding hydrogens is 152 g/mol. The summed E-state index contributed by atoms with van der Waals surface area (Å²) in [7, 11) is 1.63. The summed E-state index contributed by atoms with van der Waals surface area (Å²) in [6, 6.07) is 7.44. The molecule has 0 aliphatic heterocycles. The third kappa shape index (κ3) is 1.83. The van der Waals surface area contributed by atoms with E-state index in [1.54, 1.807) is 7.11 Å². The molecule has 0 heterocycles. The van der Waals surface area contributed by atoms with E-state index in [0.29, 0.717) is 0 Å². The Morgan fingerprint density at radius 3 is 2.42 bits per heavy atom. The van der Waals surface area contributed by atoms with Crippen molar-refractivity contribution in [2.24, 2.45) is 10.7 Å². The van der Waals surface area contributed by atoms with Gasteiger partial charge in [-0.25, -0.2) is 0 Å². The van der Waals surface area contributed by atoms with Gasteiger partial charge in [0.2, 0.25) is 0 Å². The molecule has 3 nitrogen and oxygen atoms in total. The van der Waals surface area contributed by atoms with Crippen molar-refractivity contribution in [2.75, 3.05) is 7.11 Å². The molecule has 0 aromatic heterocycles. The average molecular weight is 164 g/mol. The molecule has 1 atom stereocenters. The highest BCUT2D eigenvalue weighted by Gasteiger charge is 2.00. The lowest BCUT2D eigenvalue weighted by Crippen LogP contribution is -2.05. The SMILES string of the molecule is C=NC(N)c1ccc(OC)cc1. The van der Waals surface area contributed by atoms with E-state index in [2.05, 4.69) is 11.7 Å². The Morgan fingerprint density at radius 2 is 2.00 bits per heavy atom. The first kappa shape index (κ1) is 8.74. The van der Waals surface area contributed by atoms with Gasteiger partial charge < -0.3 is 10.5 Å². The molecule has 0 fully saturated rings. The van der Waals surface area contributed by atoms with E-state index >= 15 is 0 Å². The Balaban J connectivity index is 2.84. The summed E-state index contributed by atoms with van der Waals surface area (Å²) in [5, 5.41) is 0. The van der Waals surface area contributed by atoms with Crippen molar-refractivity contribution in [1.29, 1.82) is 0 Å². The van der Waals surface area contributed by atoms with Crippen LogP contribution in [0.15, 0.2) is 29.3 Å². The first-order valence-corrected chi connectivity index (χ1v) is 3.63. The Bertz CT molecular complexity index is 256. The van der Waals surface area contributed by atoms with Crippen LogP contribution in [0.25, 0.3) is 0 Å². The van der Waals surface area contributed by atoms with E-state index < -0.39 is 0 Å². The highest BCUT2D eigenvalue weighted by Crippen LogP contribution is 2.15. The number of hydrogen-bond acceptors (Lipinski definition) is 3. The van der Waals surface area contributed by atoms with Gasteiger partial charge in [-0.1, -0.05) is 12.1 Å². The Labute approximate surface area is 71.9 Å². The summed E-state index contributed by atoms with van der Waals surface area (Å²) in [6.07, 6.45) is -0.337. The summed E-state index contributed by atoms with van der Waals surface area (Å²) >= 11 is 0. The van der Waals surface area contributed by atoms with Gasteiger partial charge in [0, 0.05) is 0 Å². The molecule has 2 N–H and O–H groups in total. The van der Waals surface area contributed by atoms with E-state index in [0.717, 1.165) is 11.3 Å². The molecule has 1 aromatic carbocycles. The Morgan fingerprint density at radius 1 is 1.42 bits per heavy atom. The van der Waals surface area contributed by atoms with Crippen LogP contribution in [0, 0.1) is 0 Å². The van der Waals surface area contributed by atoms with Gasteiger partial charge in [-0.3, -0.25) is 4.99 Å². The molecule has 0 radical (unpaired) electrons. The predicted octanol–water partition coefficient (Wildman–Crippen LogP) is 1.35. The third-order valence-corrected chi connectivity index (χ3v) is 1.65. The number of methoxy groups -OCH3 is 1. The number of aliphatic imine (C=N–C) groups is 1. The molecule has 0 spiro atoms. The number of ether oxygens (including phenoxy) is 1. The van der Waals surface area contributed by atoms with Gasteiger partial charge in [0.1, 0.15) is 11.9 Å². The maximum atomic E-state index is 5.62. The van der Waals surface area contributed by atoms with Crippen LogP contribution in [0.3, 0.4) is 0 Å². The lowest BCUT2D eigenvalue weighted by molar-refractivity contribution is 0.414. The second-order valence-electron chi connectivity index (χ2n) is 2.40. The van der Waals surface area contributed by atoms with Crippen molar-refractivity contribution in [3.8, 4) is 5.75 Å². The minimum atomic E-state index is -0.337. The molecule has 3 heteroatoms. The highest BCUT2D eigenvalue weighted by molar-refractivity contribution is 5.31. The number of rotatable bonds is 3. The van der Waals surface area contributed by atoms with E-state index in [4.69, 9.17) is 10.5 Å². The lowest BCUT2D eigenvalue weighted by Gasteiger charge is -2.06. The average Bonchev–Trinajstić information content (AvgIpc) is 2.17. The number of nitrogens with two attached hydrogens (primary N) is 1. The first-order chi connectivity index (χ1) is 5.77. The summed E-state index contributed by atoms with van der Waals surface area (Å²) in [5.74, 6) is 0.815. The van der Waals surface area contributed by atoms with Gasteiger partial charge in [-0.15, -0.1) is 0 Å². The molecule has 0 saturated heterocycles. The molecule has 0 saturated carbocycles. The van der Waals surface area contributed by atoms with Crippen molar-refractivity contribution in [1.82, 2.24) is 0 Å². The third-order valence-electron chi connectivity index (χ3n) is 1.65. The summed E-state index contributed by atoms with van der Waals surface area (Å²) in [6.45, 7) is 3.37. The van der Waals surface area contributed by atoms with Gasteiger partial charge in [-0.05, 0) is 24.4 Å². The largest absolute Gasteiger partial charge is 0.497 e. The van der Waals surface area contributed by atoms with Crippen LogP contribution >= 0.6 is 0 Å². The standard InChI is InChI=1S/C9H12N2O/c1-11-9(10)7-3-5-8(12-2)6-4-7/h3-6,9H,1,10H2,2H3. The first-order valence-electron chi connectivity index (χ1n) is 3.63. The molecule has 64 valence electrons. The fourth-order valence-corrected chi connectivity index (χ4v) is 0.906. The van der Waals surface area contributed by atoms with Crippen LogP contribution in [-0.4, -0.2) is 13.8 Å². The zero-order valence-electron chi connectivity index (χ0n) is 7.03. The monoisotopic (exact) mass is 164 g/mol. The van der Waals surface area contributed by atoms with Crippen LogP contribution in [0.1, 0.15) is 11.7 Å². The van der Waals surface area contributed by atoms with E-state index in [1.807, 2.05) is 24.3 Å². The second-order valence-corrected chi connectivity index (χ2v) is 2.40. The fourth-order valence-electron chi connectivity index (χ4n) is 0.906. The lowest BCUT2D eigenvalue weighted by atomic mass is 10.2. The predicted molar refractivity (Wildman–Crippen MR) is 49.5 cm³/mol. The number of nitrogens with zero attached hydrogens (tertiary/aromatic N) is 1. The van der Waals surface area contributed by atoms with Crippen molar-refractivity contribution < 1.29 is 4.74 Å². The summed E-state index contributed by atoms with van der Waals surface area (Å²) in [4.78, 5) is 3.70. The van der Waals surface area contributed by atoms with Crippen LogP contribution in [-0.2, 0) is 0 Å². The molecule has 0 aliphatic carbocycles. The number of benzene rings is 1. The van der Waals surface area contributed by atoms with Crippen LogP contribution in [0.5, 0.6) is 5.75 Å². The van der Waals surface area contributed by atoms with E-state index in [9.17, 15) is 0 Å².